The van der Waals surface area contributed by atoms with Gasteiger partial charge in [0.05, 0.1) is 5.92 Å². The molecule has 1 saturated heterocycles. The summed E-state index contributed by atoms with van der Waals surface area (Å²) in [4.78, 5) is 38.4. The molecule has 0 radical (unpaired) electrons. The summed E-state index contributed by atoms with van der Waals surface area (Å²) < 4.78 is 5.55. The number of nitrogens with one attached hydrogen (secondary N) is 1. The van der Waals surface area contributed by atoms with Gasteiger partial charge in [-0.15, -0.1) is 0 Å². The van der Waals surface area contributed by atoms with Crippen LogP contribution in [0.1, 0.15) is 49.7 Å². The zero-order valence-electron chi connectivity index (χ0n) is 18.8. The fraction of sp³-hybridized carbons (Fsp3) is 0.423. The maximum atomic E-state index is 13.0. The maximum Gasteiger partial charge on any atom is 0.407 e. The number of fused-ring (bicyclic) bond motifs is 3. The van der Waals surface area contributed by atoms with Crippen LogP contribution in [0.4, 0.5) is 4.79 Å². The van der Waals surface area contributed by atoms with Gasteiger partial charge in [-0.3, -0.25) is 4.79 Å². The fourth-order valence-corrected chi connectivity index (χ4v) is 4.95. The van der Waals surface area contributed by atoms with E-state index in [0.29, 0.717) is 19.4 Å². The van der Waals surface area contributed by atoms with Gasteiger partial charge in [-0.25, -0.2) is 9.59 Å². The van der Waals surface area contributed by atoms with Gasteiger partial charge in [-0.1, -0.05) is 55.5 Å². The van der Waals surface area contributed by atoms with Crippen LogP contribution in [0.2, 0.25) is 0 Å². The molecule has 1 aliphatic heterocycles. The van der Waals surface area contributed by atoms with E-state index in [0.717, 1.165) is 35.1 Å². The molecule has 2 aromatic rings. The zero-order valence-corrected chi connectivity index (χ0v) is 18.8. The van der Waals surface area contributed by atoms with E-state index < -0.39 is 24.0 Å². The van der Waals surface area contributed by atoms with Gasteiger partial charge in [0.15, 0.2) is 0 Å². The Labute approximate surface area is 193 Å². The normalized spacial score (nSPS) is 18.2. The number of nitrogens with zero attached hydrogens (tertiary/aromatic N) is 1. The summed E-state index contributed by atoms with van der Waals surface area (Å²) in [5.41, 5.74) is 4.59. The SMILES string of the molecule is CCC(CNC(=O)OCC1c2ccccc2-c2ccccc21)C(=O)N1CCCC[C@H]1C(=O)O. The number of aliphatic carboxylic acids is 1. The van der Waals surface area contributed by atoms with Gasteiger partial charge in [0.2, 0.25) is 5.91 Å². The highest BCUT2D eigenvalue weighted by atomic mass is 16.5. The molecule has 0 bridgehead atoms. The lowest BCUT2D eigenvalue weighted by molar-refractivity contribution is -0.153. The highest BCUT2D eigenvalue weighted by Gasteiger charge is 2.35. The van der Waals surface area contributed by atoms with Gasteiger partial charge >= 0.3 is 12.1 Å². The van der Waals surface area contributed by atoms with Crippen LogP contribution in [-0.4, -0.2) is 53.7 Å². The molecule has 4 rings (SSSR count). The number of likely N-dealkylation sites (tertiary alicyclic amines) is 1. The lowest BCUT2D eigenvalue weighted by Gasteiger charge is -2.35. The summed E-state index contributed by atoms with van der Waals surface area (Å²) in [7, 11) is 0. The van der Waals surface area contributed by atoms with Gasteiger partial charge in [-0.05, 0) is 47.9 Å². The van der Waals surface area contributed by atoms with Gasteiger partial charge in [0.1, 0.15) is 12.6 Å². The number of benzene rings is 2. The number of carbonyl (C=O) groups excluding carboxylic acids is 2. The third kappa shape index (κ3) is 4.72. The van der Waals surface area contributed by atoms with Crippen molar-refractivity contribution < 1.29 is 24.2 Å². The molecular formula is C26H30N2O5. The van der Waals surface area contributed by atoms with E-state index in [1.807, 2.05) is 31.2 Å². The second-order valence-corrected chi connectivity index (χ2v) is 8.69. The number of piperidine rings is 1. The Bertz CT molecular complexity index is 991. The molecule has 0 aromatic heterocycles. The summed E-state index contributed by atoms with van der Waals surface area (Å²) in [6.45, 7) is 2.63. The predicted molar refractivity (Wildman–Crippen MR) is 124 cm³/mol. The summed E-state index contributed by atoms with van der Waals surface area (Å²) in [6, 6.07) is 15.5. The Balaban J connectivity index is 1.35. The van der Waals surface area contributed by atoms with E-state index in [1.165, 1.54) is 4.90 Å². The standard InChI is InChI=1S/C26H30N2O5/c1-2-17(24(29)28-14-8-7-13-23(28)25(30)31)15-27-26(32)33-16-22-20-11-5-3-9-18(20)19-10-4-6-12-21(19)22/h3-6,9-12,17,22-23H,2,7-8,13-16H2,1H3,(H,27,32)(H,30,31)/t17?,23-/m0/s1. The molecule has 0 saturated carbocycles. The van der Waals surface area contributed by atoms with Gasteiger partial charge in [-0.2, -0.15) is 0 Å². The van der Waals surface area contributed by atoms with Crippen molar-refractivity contribution in [1.29, 1.82) is 0 Å². The van der Waals surface area contributed by atoms with Crippen molar-refractivity contribution in [3.63, 3.8) is 0 Å². The molecule has 7 nitrogen and oxygen atoms in total. The van der Waals surface area contributed by atoms with E-state index in [2.05, 4.69) is 29.6 Å². The molecule has 2 aliphatic rings. The molecule has 2 atom stereocenters. The van der Waals surface area contributed by atoms with Gasteiger partial charge in [0.25, 0.3) is 0 Å². The number of carboxylic acid groups (broad SMARTS) is 1. The van der Waals surface area contributed by atoms with Crippen molar-refractivity contribution in [3.05, 3.63) is 59.7 Å². The summed E-state index contributed by atoms with van der Waals surface area (Å²) in [6.07, 6.45) is 2.00. The van der Waals surface area contributed by atoms with Crippen LogP contribution in [0.3, 0.4) is 0 Å². The van der Waals surface area contributed by atoms with Crippen LogP contribution in [0.25, 0.3) is 11.1 Å². The molecule has 2 aromatic carbocycles. The van der Waals surface area contributed by atoms with Crippen LogP contribution < -0.4 is 5.32 Å². The highest BCUT2D eigenvalue weighted by molar-refractivity contribution is 5.86. The molecule has 33 heavy (non-hydrogen) atoms. The molecule has 1 fully saturated rings. The van der Waals surface area contributed by atoms with Gasteiger partial charge in [0, 0.05) is 19.0 Å². The fourth-order valence-electron chi connectivity index (χ4n) is 4.95. The van der Waals surface area contributed by atoms with Crippen molar-refractivity contribution in [1.82, 2.24) is 10.2 Å². The average Bonchev–Trinajstić information content (AvgIpc) is 3.16. The number of alkyl carbamates (subject to hydrolysis) is 1. The Morgan fingerprint density at radius 2 is 1.70 bits per heavy atom. The van der Waals surface area contributed by atoms with Crippen molar-refractivity contribution in [2.24, 2.45) is 5.92 Å². The van der Waals surface area contributed by atoms with E-state index in [-0.39, 0.29) is 25.0 Å². The Hall–Kier alpha value is -3.35. The quantitative estimate of drug-likeness (QED) is 0.664. The Kier molecular flexibility index (Phi) is 6.96. The topological polar surface area (TPSA) is 95.9 Å². The van der Waals surface area contributed by atoms with Crippen molar-refractivity contribution in [2.75, 3.05) is 19.7 Å². The summed E-state index contributed by atoms with van der Waals surface area (Å²) in [5.74, 6) is -1.70. The average molecular weight is 451 g/mol. The minimum Gasteiger partial charge on any atom is -0.480 e. The first-order valence-electron chi connectivity index (χ1n) is 11.6. The number of carbonyl (C=O) groups is 3. The third-order valence-electron chi connectivity index (χ3n) is 6.75. The Morgan fingerprint density at radius 1 is 1.06 bits per heavy atom. The number of hydrogen-bond donors (Lipinski definition) is 2. The van der Waals surface area contributed by atoms with Crippen LogP contribution in [0.15, 0.2) is 48.5 Å². The molecule has 7 heteroatoms. The maximum absolute atomic E-state index is 13.0. The third-order valence-corrected chi connectivity index (χ3v) is 6.75. The molecule has 0 spiro atoms. The van der Waals surface area contributed by atoms with Crippen LogP contribution >= 0.6 is 0 Å². The van der Waals surface area contributed by atoms with E-state index in [9.17, 15) is 19.5 Å². The summed E-state index contributed by atoms with van der Waals surface area (Å²) in [5, 5.41) is 12.2. The number of hydrogen-bond acceptors (Lipinski definition) is 4. The van der Waals surface area contributed by atoms with Crippen molar-refractivity contribution in [2.45, 2.75) is 44.6 Å². The van der Waals surface area contributed by atoms with E-state index in [1.54, 1.807) is 0 Å². The van der Waals surface area contributed by atoms with E-state index >= 15 is 0 Å². The Morgan fingerprint density at radius 3 is 2.30 bits per heavy atom. The minimum atomic E-state index is -0.970. The highest BCUT2D eigenvalue weighted by Crippen LogP contribution is 2.44. The molecule has 2 amide bonds. The van der Waals surface area contributed by atoms with E-state index in [4.69, 9.17) is 4.74 Å². The number of rotatable bonds is 7. The molecule has 1 unspecified atom stereocenters. The number of carboxylic acids is 1. The second kappa shape index (κ2) is 10.1. The first kappa shape index (κ1) is 22.8. The number of amides is 2. The molecule has 2 N–H and O–H groups in total. The van der Waals surface area contributed by atoms with Crippen LogP contribution in [-0.2, 0) is 14.3 Å². The van der Waals surface area contributed by atoms with Crippen molar-refractivity contribution >= 4 is 18.0 Å². The lowest BCUT2D eigenvalue weighted by atomic mass is 9.97. The van der Waals surface area contributed by atoms with Crippen LogP contribution in [0, 0.1) is 5.92 Å². The van der Waals surface area contributed by atoms with Crippen LogP contribution in [0.5, 0.6) is 0 Å². The van der Waals surface area contributed by atoms with Gasteiger partial charge < -0.3 is 20.1 Å². The minimum absolute atomic E-state index is 0.0311. The monoisotopic (exact) mass is 450 g/mol. The molecular weight excluding hydrogens is 420 g/mol. The summed E-state index contributed by atoms with van der Waals surface area (Å²) >= 11 is 0. The lowest BCUT2D eigenvalue weighted by Crippen LogP contribution is -2.51. The smallest absolute Gasteiger partial charge is 0.407 e. The first-order chi connectivity index (χ1) is 16.0. The first-order valence-corrected chi connectivity index (χ1v) is 11.6. The largest absolute Gasteiger partial charge is 0.480 e. The molecule has 1 heterocycles. The molecule has 1 aliphatic carbocycles. The van der Waals surface area contributed by atoms with Crippen molar-refractivity contribution in [3.8, 4) is 11.1 Å². The molecule has 174 valence electrons. The number of ether oxygens (including phenoxy) is 1. The second-order valence-electron chi connectivity index (χ2n) is 8.69. The zero-order chi connectivity index (χ0) is 23.4. The predicted octanol–water partition coefficient (Wildman–Crippen LogP) is 4.02.